The summed E-state index contributed by atoms with van der Waals surface area (Å²) in [6, 6.07) is 3.84. The van der Waals surface area contributed by atoms with E-state index in [4.69, 9.17) is 16.0 Å². The Morgan fingerprint density at radius 2 is 2.25 bits per heavy atom. The number of fused-ring (bicyclic) bond motifs is 1. The quantitative estimate of drug-likeness (QED) is 0.692. The lowest BCUT2D eigenvalue weighted by Gasteiger charge is -2.10. The number of aromatic nitrogens is 4. The minimum Gasteiger partial charge on any atom is -0.467 e. The van der Waals surface area contributed by atoms with E-state index in [1.54, 1.807) is 6.26 Å². The fourth-order valence-electron chi connectivity index (χ4n) is 2.48. The number of rotatable bonds is 4. The van der Waals surface area contributed by atoms with E-state index in [1.165, 1.54) is 0 Å². The highest BCUT2D eigenvalue weighted by Gasteiger charge is 2.21. The molecule has 6 heteroatoms. The first-order chi connectivity index (χ1) is 9.61. The Balaban J connectivity index is 2.22. The van der Waals surface area contributed by atoms with Gasteiger partial charge in [0.2, 0.25) is 0 Å². The van der Waals surface area contributed by atoms with Gasteiger partial charge in [0.1, 0.15) is 17.1 Å². The molecule has 3 heterocycles. The molecule has 0 aliphatic rings. The number of hydrogen-bond acceptors (Lipinski definition) is 3. The van der Waals surface area contributed by atoms with Crippen molar-refractivity contribution in [2.24, 2.45) is 0 Å². The molecular weight excluding hydrogens is 276 g/mol. The number of furan rings is 1. The predicted octanol–water partition coefficient (Wildman–Crippen LogP) is 3.50. The van der Waals surface area contributed by atoms with Gasteiger partial charge in [-0.2, -0.15) is 5.10 Å². The van der Waals surface area contributed by atoms with E-state index in [1.807, 2.05) is 30.7 Å². The highest BCUT2D eigenvalue weighted by molar-refractivity contribution is 6.20. The Kier molecular flexibility index (Phi) is 3.30. The van der Waals surface area contributed by atoms with Crippen LogP contribution in [0, 0.1) is 6.92 Å². The number of halogens is 1. The van der Waals surface area contributed by atoms with Crippen LogP contribution in [-0.4, -0.2) is 19.3 Å². The zero-order valence-electron chi connectivity index (χ0n) is 11.8. The maximum absolute atomic E-state index is 6.28. The Labute approximate surface area is 122 Å². The molecule has 0 bridgehead atoms. The fourth-order valence-corrected chi connectivity index (χ4v) is 2.65. The molecule has 0 amide bonds. The average Bonchev–Trinajstić information content (AvgIpc) is 3.09. The van der Waals surface area contributed by atoms with Crippen LogP contribution in [0.25, 0.3) is 11.2 Å². The summed E-state index contributed by atoms with van der Waals surface area (Å²) in [5.74, 6) is 1.73. The first-order valence-electron chi connectivity index (χ1n) is 6.71. The van der Waals surface area contributed by atoms with Gasteiger partial charge in [0.15, 0.2) is 5.65 Å². The van der Waals surface area contributed by atoms with Crippen molar-refractivity contribution in [3.05, 3.63) is 35.7 Å². The molecule has 0 aromatic carbocycles. The van der Waals surface area contributed by atoms with Gasteiger partial charge in [-0.05, 0) is 32.9 Å². The van der Waals surface area contributed by atoms with E-state index in [0.717, 1.165) is 35.0 Å². The molecule has 3 rings (SSSR count). The monoisotopic (exact) mass is 292 g/mol. The molecule has 0 saturated carbocycles. The zero-order valence-corrected chi connectivity index (χ0v) is 12.6. The first-order valence-corrected chi connectivity index (χ1v) is 7.15. The molecule has 5 nitrogen and oxygen atoms in total. The third-order valence-corrected chi connectivity index (χ3v) is 3.57. The Morgan fingerprint density at radius 1 is 1.45 bits per heavy atom. The molecule has 106 valence electrons. The molecule has 3 aromatic rings. The van der Waals surface area contributed by atoms with Crippen molar-refractivity contribution in [2.45, 2.75) is 39.2 Å². The van der Waals surface area contributed by atoms with Crippen LogP contribution in [0.4, 0.5) is 0 Å². The summed E-state index contributed by atoms with van der Waals surface area (Å²) in [4.78, 5) is 4.67. The van der Waals surface area contributed by atoms with Gasteiger partial charge in [-0.15, -0.1) is 11.6 Å². The van der Waals surface area contributed by atoms with Crippen molar-refractivity contribution in [3.8, 4) is 0 Å². The lowest BCUT2D eigenvalue weighted by molar-refractivity contribution is 0.488. The summed E-state index contributed by atoms with van der Waals surface area (Å²) in [6.07, 6.45) is 1.68. The van der Waals surface area contributed by atoms with Crippen molar-refractivity contribution in [2.75, 3.05) is 0 Å². The second kappa shape index (κ2) is 4.98. The van der Waals surface area contributed by atoms with Crippen molar-refractivity contribution in [1.29, 1.82) is 0 Å². The molecule has 0 aliphatic carbocycles. The van der Waals surface area contributed by atoms with Crippen molar-refractivity contribution >= 4 is 22.8 Å². The predicted molar refractivity (Wildman–Crippen MR) is 78.0 cm³/mol. The van der Waals surface area contributed by atoms with Gasteiger partial charge >= 0.3 is 0 Å². The lowest BCUT2D eigenvalue weighted by Crippen LogP contribution is -2.09. The van der Waals surface area contributed by atoms with Gasteiger partial charge in [-0.25, -0.2) is 9.67 Å². The summed E-state index contributed by atoms with van der Waals surface area (Å²) in [5, 5.41) is 4.35. The van der Waals surface area contributed by atoms with Gasteiger partial charge in [0, 0.05) is 6.54 Å². The van der Waals surface area contributed by atoms with E-state index in [9.17, 15) is 0 Å². The normalized spacial score (nSPS) is 13.2. The van der Waals surface area contributed by atoms with Gasteiger partial charge in [0.25, 0.3) is 0 Å². The summed E-state index contributed by atoms with van der Waals surface area (Å²) in [5.41, 5.74) is 2.85. The highest BCUT2D eigenvalue weighted by atomic mass is 35.5. The van der Waals surface area contributed by atoms with Gasteiger partial charge in [-0.3, -0.25) is 0 Å². The van der Waals surface area contributed by atoms with Crippen LogP contribution >= 0.6 is 11.6 Å². The fraction of sp³-hybridized carbons (Fsp3) is 0.429. The summed E-state index contributed by atoms with van der Waals surface area (Å²) < 4.78 is 9.50. The summed E-state index contributed by atoms with van der Waals surface area (Å²) >= 11 is 6.28. The third kappa shape index (κ3) is 2.02. The molecule has 0 radical (unpaired) electrons. The maximum Gasteiger partial charge on any atom is 0.159 e. The van der Waals surface area contributed by atoms with Crippen LogP contribution in [-0.2, 0) is 13.1 Å². The van der Waals surface area contributed by atoms with Crippen LogP contribution in [0.3, 0.4) is 0 Å². The van der Waals surface area contributed by atoms with Crippen molar-refractivity contribution < 1.29 is 4.42 Å². The molecule has 1 atom stereocenters. The molecule has 0 N–H and O–H groups in total. The molecule has 0 fully saturated rings. The lowest BCUT2D eigenvalue weighted by atomic mass is 10.4. The number of imidazole rings is 1. The van der Waals surface area contributed by atoms with Crippen molar-refractivity contribution in [1.82, 2.24) is 19.3 Å². The van der Waals surface area contributed by atoms with Crippen LogP contribution in [0.1, 0.15) is 36.5 Å². The van der Waals surface area contributed by atoms with E-state index < -0.39 is 0 Å². The molecule has 20 heavy (non-hydrogen) atoms. The molecule has 0 aliphatic heterocycles. The van der Waals surface area contributed by atoms with Crippen LogP contribution < -0.4 is 0 Å². The topological polar surface area (TPSA) is 48.8 Å². The number of nitrogens with zero attached hydrogens (tertiary/aromatic N) is 4. The molecule has 0 saturated heterocycles. The Morgan fingerprint density at radius 3 is 2.85 bits per heavy atom. The number of aryl methyl sites for hydroxylation is 2. The maximum atomic E-state index is 6.28. The second-order valence-corrected chi connectivity index (χ2v) is 5.48. The van der Waals surface area contributed by atoms with Crippen LogP contribution in [0.2, 0.25) is 0 Å². The number of hydrogen-bond donors (Lipinski definition) is 0. The number of alkyl halides is 1. The average molecular weight is 293 g/mol. The molecule has 3 aromatic heterocycles. The molecule has 0 spiro atoms. The highest BCUT2D eigenvalue weighted by Crippen LogP contribution is 2.27. The SMILES string of the molecule is CCn1nc(C)c2nc(C(C)Cl)n(Cc3ccco3)c21. The van der Waals surface area contributed by atoms with Gasteiger partial charge < -0.3 is 8.98 Å². The van der Waals surface area contributed by atoms with E-state index >= 15 is 0 Å². The molecular formula is C14H17ClN4O. The summed E-state index contributed by atoms with van der Waals surface area (Å²) in [7, 11) is 0. The Bertz CT molecular complexity index is 724. The first kappa shape index (κ1) is 13.2. The molecule has 1 unspecified atom stereocenters. The van der Waals surface area contributed by atoms with Gasteiger partial charge in [0.05, 0.1) is 23.9 Å². The second-order valence-electron chi connectivity index (χ2n) is 4.82. The Hall–Kier alpha value is -1.75. The smallest absolute Gasteiger partial charge is 0.159 e. The standard InChI is InChI=1S/C14H17ClN4O/c1-4-19-14-12(10(3)17-19)16-13(9(2)15)18(14)8-11-6-5-7-20-11/h5-7,9H,4,8H2,1-3H3. The zero-order chi connectivity index (χ0) is 14.3. The van der Waals surface area contributed by atoms with E-state index in [2.05, 4.69) is 21.6 Å². The van der Waals surface area contributed by atoms with E-state index in [0.29, 0.717) is 6.54 Å². The minimum atomic E-state index is -0.165. The van der Waals surface area contributed by atoms with Crippen LogP contribution in [0.15, 0.2) is 22.8 Å². The third-order valence-electron chi connectivity index (χ3n) is 3.38. The summed E-state index contributed by atoms with van der Waals surface area (Å²) in [6.45, 7) is 7.38. The van der Waals surface area contributed by atoms with E-state index in [-0.39, 0.29) is 5.38 Å². The van der Waals surface area contributed by atoms with Crippen molar-refractivity contribution in [3.63, 3.8) is 0 Å². The largest absolute Gasteiger partial charge is 0.467 e. The van der Waals surface area contributed by atoms with Gasteiger partial charge in [-0.1, -0.05) is 0 Å². The van der Waals surface area contributed by atoms with Crippen LogP contribution in [0.5, 0.6) is 0 Å². The minimum absolute atomic E-state index is 0.165.